The fraction of sp³-hybridized carbons (Fsp3) is 0.400. The van der Waals surface area contributed by atoms with Crippen LogP contribution in [0.3, 0.4) is 0 Å². The van der Waals surface area contributed by atoms with Crippen LogP contribution >= 0.6 is 22.9 Å². The van der Waals surface area contributed by atoms with Crippen molar-refractivity contribution in [2.45, 2.75) is 12.8 Å². The average molecular weight is 214 g/mol. The van der Waals surface area contributed by atoms with Crippen molar-refractivity contribution < 1.29 is 0 Å². The Bertz CT molecular complexity index is 287. The number of hydrogen-bond acceptors (Lipinski definition) is 2. The maximum absolute atomic E-state index is 5.79. The van der Waals surface area contributed by atoms with Gasteiger partial charge < -0.3 is 5.32 Å². The van der Waals surface area contributed by atoms with Crippen molar-refractivity contribution in [1.82, 2.24) is 5.32 Å². The van der Waals surface area contributed by atoms with E-state index in [-0.39, 0.29) is 0 Å². The van der Waals surface area contributed by atoms with Crippen molar-refractivity contribution in [2.24, 2.45) is 0 Å². The zero-order valence-electron chi connectivity index (χ0n) is 7.35. The molecule has 0 atom stereocenters. The summed E-state index contributed by atoms with van der Waals surface area (Å²) in [7, 11) is 0. The van der Waals surface area contributed by atoms with E-state index in [1.54, 1.807) is 11.3 Å². The van der Waals surface area contributed by atoms with E-state index >= 15 is 0 Å². The summed E-state index contributed by atoms with van der Waals surface area (Å²) >= 11 is 7.43. The molecule has 0 saturated carbocycles. The first-order chi connectivity index (χ1) is 6.33. The molecule has 1 heterocycles. The zero-order chi connectivity index (χ0) is 9.52. The standard InChI is InChI=1S/C10H12ClNS/c1-2-3-7-12-8-6-9-4-5-10(11)13-9/h1,4-5,12H,3,6-8H2. The lowest BCUT2D eigenvalue weighted by molar-refractivity contribution is 0.698. The molecule has 0 amide bonds. The lowest BCUT2D eigenvalue weighted by Gasteiger charge is -1.99. The maximum Gasteiger partial charge on any atom is 0.0931 e. The van der Waals surface area contributed by atoms with Gasteiger partial charge in [-0.25, -0.2) is 0 Å². The molecule has 0 spiro atoms. The molecule has 0 aliphatic heterocycles. The first-order valence-electron chi connectivity index (χ1n) is 4.21. The minimum Gasteiger partial charge on any atom is -0.315 e. The quantitative estimate of drug-likeness (QED) is 0.586. The molecule has 1 rings (SSSR count). The van der Waals surface area contributed by atoms with Gasteiger partial charge in [0.2, 0.25) is 0 Å². The van der Waals surface area contributed by atoms with Crippen LogP contribution in [0.5, 0.6) is 0 Å². The van der Waals surface area contributed by atoms with Crippen LogP contribution in [-0.2, 0) is 6.42 Å². The zero-order valence-corrected chi connectivity index (χ0v) is 8.92. The summed E-state index contributed by atoms with van der Waals surface area (Å²) in [6.45, 7) is 1.87. The van der Waals surface area contributed by atoms with Crippen molar-refractivity contribution in [2.75, 3.05) is 13.1 Å². The van der Waals surface area contributed by atoms with Gasteiger partial charge in [0.05, 0.1) is 4.34 Å². The Morgan fingerprint density at radius 2 is 2.31 bits per heavy atom. The molecule has 0 aromatic carbocycles. The van der Waals surface area contributed by atoms with E-state index in [1.807, 2.05) is 6.07 Å². The SMILES string of the molecule is C#CCCNCCc1ccc(Cl)s1. The van der Waals surface area contributed by atoms with Gasteiger partial charge in [0.15, 0.2) is 0 Å². The number of hydrogen-bond donors (Lipinski definition) is 1. The molecule has 0 unspecified atom stereocenters. The Hall–Kier alpha value is -0.490. The van der Waals surface area contributed by atoms with Crippen LogP contribution in [0.15, 0.2) is 12.1 Å². The molecule has 0 saturated heterocycles. The molecule has 70 valence electrons. The molecule has 3 heteroatoms. The average Bonchev–Trinajstić information content (AvgIpc) is 2.51. The Labute approximate surface area is 88.1 Å². The number of thiophene rings is 1. The second-order valence-electron chi connectivity index (χ2n) is 2.66. The predicted molar refractivity (Wildman–Crippen MR) is 59.4 cm³/mol. The summed E-state index contributed by atoms with van der Waals surface area (Å²) in [6, 6.07) is 4.00. The molecule has 0 aliphatic carbocycles. The highest BCUT2D eigenvalue weighted by molar-refractivity contribution is 7.16. The smallest absolute Gasteiger partial charge is 0.0931 e. The molecular weight excluding hydrogens is 202 g/mol. The normalized spacial score (nSPS) is 9.85. The molecule has 1 aromatic rings. The third kappa shape index (κ3) is 4.33. The fourth-order valence-corrected chi connectivity index (χ4v) is 2.07. The van der Waals surface area contributed by atoms with Crippen LogP contribution in [0.2, 0.25) is 4.34 Å². The van der Waals surface area contributed by atoms with E-state index in [2.05, 4.69) is 17.3 Å². The minimum absolute atomic E-state index is 0.797. The number of rotatable bonds is 5. The van der Waals surface area contributed by atoms with Crippen molar-refractivity contribution in [1.29, 1.82) is 0 Å². The van der Waals surface area contributed by atoms with E-state index in [0.717, 1.165) is 30.3 Å². The number of halogens is 1. The Morgan fingerprint density at radius 1 is 1.46 bits per heavy atom. The van der Waals surface area contributed by atoms with Crippen LogP contribution < -0.4 is 5.32 Å². The monoisotopic (exact) mass is 213 g/mol. The van der Waals surface area contributed by atoms with Gasteiger partial charge in [-0.05, 0) is 25.1 Å². The molecule has 0 fully saturated rings. The van der Waals surface area contributed by atoms with E-state index in [1.165, 1.54) is 4.88 Å². The molecule has 0 radical (unpaired) electrons. The van der Waals surface area contributed by atoms with Gasteiger partial charge >= 0.3 is 0 Å². The molecule has 0 aliphatic rings. The Kier molecular flexibility index (Phi) is 4.92. The summed E-state index contributed by atoms with van der Waals surface area (Å²) in [5, 5.41) is 3.27. The van der Waals surface area contributed by atoms with Crippen LogP contribution in [0.4, 0.5) is 0 Å². The van der Waals surface area contributed by atoms with Crippen LogP contribution in [0.25, 0.3) is 0 Å². The van der Waals surface area contributed by atoms with Gasteiger partial charge in [-0.3, -0.25) is 0 Å². The first-order valence-corrected chi connectivity index (χ1v) is 5.41. The van der Waals surface area contributed by atoms with Crippen molar-refractivity contribution in [3.8, 4) is 12.3 Å². The van der Waals surface area contributed by atoms with Crippen molar-refractivity contribution in [3.05, 3.63) is 21.3 Å². The molecule has 0 bridgehead atoms. The second kappa shape index (κ2) is 6.04. The van der Waals surface area contributed by atoms with Crippen LogP contribution in [0.1, 0.15) is 11.3 Å². The number of terminal acetylenes is 1. The third-order valence-corrected chi connectivity index (χ3v) is 2.91. The summed E-state index contributed by atoms with van der Waals surface area (Å²) in [4.78, 5) is 1.32. The Balaban J connectivity index is 2.10. The summed E-state index contributed by atoms with van der Waals surface area (Å²) < 4.78 is 0.860. The molecule has 13 heavy (non-hydrogen) atoms. The van der Waals surface area contributed by atoms with E-state index < -0.39 is 0 Å². The van der Waals surface area contributed by atoms with Gasteiger partial charge in [0.25, 0.3) is 0 Å². The largest absolute Gasteiger partial charge is 0.315 e. The first kappa shape index (κ1) is 10.6. The molecule has 1 nitrogen and oxygen atoms in total. The second-order valence-corrected chi connectivity index (χ2v) is 4.46. The topological polar surface area (TPSA) is 12.0 Å². The molecule has 1 aromatic heterocycles. The van der Waals surface area contributed by atoms with Gasteiger partial charge in [-0.15, -0.1) is 23.7 Å². The van der Waals surface area contributed by atoms with Crippen LogP contribution in [-0.4, -0.2) is 13.1 Å². The van der Waals surface area contributed by atoms with Gasteiger partial charge in [-0.1, -0.05) is 11.6 Å². The highest BCUT2D eigenvalue weighted by Crippen LogP contribution is 2.21. The summed E-state index contributed by atoms with van der Waals surface area (Å²) in [5.74, 6) is 2.59. The maximum atomic E-state index is 5.79. The molecule has 1 N–H and O–H groups in total. The fourth-order valence-electron chi connectivity index (χ4n) is 0.983. The lowest BCUT2D eigenvalue weighted by Crippen LogP contribution is -2.17. The number of nitrogens with one attached hydrogen (secondary N) is 1. The Morgan fingerprint density at radius 3 is 2.92 bits per heavy atom. The van der Waals surface area contributed by atoms with Gasteiger partial charge in [0, 0.05) is 17.8 Å². The van der Waals surface area contributed by atoms with Crippen LogP contribution in [0, 0.1) is 12.3 Å². The van der Waals surface area contributed by atoms with Crippen molar-refractivity contribution >= 4 is 22.9 Å². The van der Waals surface area contributed by atoms with E-state index in [9.17, 15) is 0 Å². The third-order valence-electron chi connectivity index (χ3n) is 1.62. The molecular formula is C10H12ClNS. The minimum atomic E-state index is 0.797. The summed E-state index contributed by atoms with van der Waals surface area (Å²) in [5.41, 5.74) is 0. The van der Waals surface area contributed by atoms with Crippen molar-refractivity contribution in [3.63, 3.8) is 0 Å². The highest BCUT2D eigenvalue weighted by atomic mass is 35.5. The summed E-state index contributed by atoms with van der Waals surface area (Å²) in [6.07, 6.45) is 6.95. The van der Waals surface area contributed by atoms with E-state index in [0.29, 0.717) is 0 Å². The van der Waals surface area contributed by atoms with Gasteiger partial charge in [-0.2, -0.15) is 0 Å². The van der Waals surface area contributed by atoms with Gasteiger partial charge in [0.1, 0.15) is 0 Å². The lowest BCUT2D eigenvalue weighted by atomic mass is 10.3. The predicted octanol–water partition coefficient (Wildman–Crippen LogP) is 2.56. The van der Waals surface area contributed by atoms with E-state index in [4.69, 9.17) is 18.0 Å². The highest BCUT2D eigenvalue weighted by Gasteiger charge is 1.96.